The Kier molecular flexibility index (Phi) is 4.48. The predicted molar refractivity (Wildman–Crippen MR) is 95.2 cm³/mol. The lowest BCUT2D eigenvalue weighted by molar-refractivity contribution is -0.116. The Hall–Kier alpha value is -3.75. The zero-order chi connectivity index (χ0) is 18.6. The molecule has 0 fully saturated rings. The van der Waals surface area contributed by atoms with E-state index >= 15 is 0 Å². The number of amides is 1. The number of hydrogen-bond donors (Lipinski definition) is 1. The maximum Gasteiger partial charge on any atom is 0.258 e. The molecule has 4 rings (SSSR count). The standard InChI is InChI=1S/C18H16N6O3/c1-2-14-20-18(27-23-14)12-7-8-24-15(10-12)21-22-16(24)11-19-17(25)6-5-13-4-3-9-26-13/h3-10H,2,11H2,1H3,(H,19,25). The van der Waals surface area contributed by atoms with Gasteiger partial charge in [0.15, 0.2) is 17.3 Å². The summed E-state index contributed by atoms with van der Waals surface area (Å²) in [5.74, 6) is 2.05. The van der Waals surface area contributed by atoms with Crippen molar-refractivity contribution in [3.63, 3.8) is 0 Å². The predicted octanol–water partition coefficient (Wildman–Crippen LogP) is 2.26. The van der Waals surface area contributed by atoms with Crippen LogP contribution in [0.15, 0.2) is 51.7 Å². The van der Waals surface area contributed by atoms with Gasteiger partial charge in [-0.2, -0.15) is 4.98 Å². The summed E-state index contributed by atoms with van der Waals surface area (Å²) in [7, 11) is 0. The molecule has 27 heavy (non-hydrogen) atoms. The quantitative estimate of drug-likeness (QED) is 0.522. The minimum Gasteiger partial charge on any atom is -0.465 e. The molecule has 0 spiro atoms. The minimum absolute atomic E-state index is 0.238. The molecule has 4 aromatic heterocycles. The molecular weight excluding hydrogens is 348 g/mol. The highest BCUT2D eigenvalue weighted by molar-refractivity contribution is 5.91. The molecule has 0 bridgehead atoms. The highest BCUT2D eigenvalue weighted by Gasteiger charge is 2.11. The molecule has 1 amide bonds. The van der Waals surface area contributed by atoms with Gasteiger partial charge in [-0.05, 0) is 30.3 Å². The Morgan fingerprint density at radius 2 is 2.26 bits per heavy atom. The van der Waals surface area contributed by atoms with E-state index in [1.807, 2.05) is 19.1 Å². The molecule has 136 valence electrons. The van der Waals surface area contributed by atoms with Gasteiger partial charge in [0.25, 0.3) is 5.89 Å². The maximum atomic E-state index is 11.9. The Morgan fingerprint density at radius 1 is 1.33 bits per heavy atom. The Morgan fingerprint density at radius 3 is 3.04 bits per heavy atom. The van der Waals surface area contributed by atoms with E-state index in [-0.39, 0.29) is 12.5 Å². The van der Waals surface area contributed by atoms with E-state index < -0.39 is 0 Å². The number of aryl methyl sites for hydroxylation is 1. The number of nitrogens with zero attached hydrogens (tertiary/aromatic N) is 5. The normalized spacial score (nSPS) is 11.4. The lowest BCUT2D eigenvalue weighted by atomic mass is 10.2. The van der Waals surface area contributed by atoms with Crippen molar-refractivity contribution >= 4 is 17.6 Å². The van der Waals surface area contributed by atoms with Crippen molar-refractivity contribution < 1.29 is 13.7 Å². The van der Waals surface area contributed by atoms with Crippen LogP contribution in [0.4, 0.5) is 0 Å². The molecule has 0 aliphatic rings. The van der Waals surface area contributed by atoms with E-state index in [9.17, 15) is 4.79 Å². The summed E-state index contributed by atoms with van der Waals surface area (Å²) < 4.78 is 12.2. The van der Waals surface area contributed by atoms with Gasteiger partial charge < -0.3 is 14.3 Å². The van der Waals surface area contributed by atoms with Gasteiger partial charge in [0.05, 0.1) is 12.8 Å². The van der Waals surface area contributed by atoms with Gasteiger partial charge in [-0.25, -0.2) is 0 Å². The number of hydrogen-bond acceptors (Lipinski definition) is 7. The number of aromatic nitrogens is 5. The van der Waals surface area contributed by atoms with Crippen molar-refractivity contribution in [2.24, 2.45) is 0 Å². The van der Waals surface area contributed by atoms with Crippen LogP contribution in [0.2, 0.25) is 0 Å². The van der Waals surface area contributed by atoms with E-state index in [4.69, 9.17) is 8.94 Å². The summed E-state index contributed by atoms with van der Waals surface area (Å²) in [6, 6.07) is 7.17. The largest absolute Gasteiger partial charge is 0.465 e. The van der Waals surface area contributed by atoms with Crippen molar-refractivity contribution in [1.82, 2.24) is 30.1 Å². The van der Waals surface area contributed by atoms with Crippen LogP contribution in [-0.2, 0) is 17.8 Å². The van der Waals surface area contributed by atoms with E-state index in [0.29, 0.717) is 35.4 Å². The summed E-state index contributed by atoms with van der Waals surface area (Å²) in [5.41, 5.74) is 1.39. The zero-order valence-electron chi connectivity index (χ0n) is 14.5. The molecule has 0 radical (unpaired) electrons. The first-order valence-electron chi connectivity index (χ1n) is 8.39. The van der Waals surface area contributed by atoms with Crippen LogP contribution in [0, 0.1) is 0 Å². The molecule has 1 N–H and O–H groups in total. The van der Waals surface area contributed by atoms with Crippen LogP contribution in [0.5, 0.6) is 0 Å². The van der Waals surface area contributed by atoms with Crippen molar-refractivity contribution in [3.05, 3.63) is 60.2 Å². The molecule has 0 aromatic carbocycles. The van der Waals surface area contributed by atoms with Crippen molar-refractivity contribution in [3.8, 4) is 11.5 Å². The fourth-order valence-corrected chi connectivity index (χ4v) is 2.48. The van der Waals surface area contributed by atoms with Crippen LogP contribution in [0.1, 0.15) is 24.3 Å². The number of carbonyl (C=O) groups excluding carboxylic acids is 1. The number of furan rings is 1. The third kappa shape index (κ3) is 3.61. The van der Waals surface area contributed by atoms with E-state index in [2.05, 4.69) is 25.7 Å². The summed E-state index contributed by atoms with van der Waals surface area (Å²) in [6.45, 7) is 2.20. The van der Waals surface area contributed by atoms with Crippen molar-refractivity contribution in [1.29, 1.82) is 0 Å². The molecule has 0 saturated heterocycles. The second-order valence-electron chi connectivity index (χ2n) is 5.70. The molecule has 0 aliphatic heterocycles. The van der Waals surface area contributed by atoms with Crippen LogP contribution in [0.3, 0.4) is 0 Å². The smallest absolute Gasteiger partial charge is 0.258 e. The molecule has 9 nitrogen and oxygen atoms in total. The Bertz CT molecular complexity index is 1090. The second kappa shape index (κ2) is 7.24. The van der Waals surface area contributed by atoms with Gasteiger partial charge in [-0.1, -0.05) is 12.1 Å². The van der Waals surface area contributed by atoms with Crippen LogP contribution in [-0.4, -0.2) is 30.6 Å². The van der Waals surface area contributed by atoms with Crippen molar-refractivity contribution in [2.45, 2.75) is 19.9 Å². The van der Waals surface area contributed by atoms with E-state index in [0.717, 1.165) is 5.56 Å². The Balaban J connectivity index is 1.46. The second-order valence-corrected chi connectivity index (χ2v) is 5.70. The number of pyridine rings is 1. The molecule has 4 heterocycles. The summed E-state index contributed by atoms with van der Waals surface area (Å²) in [5, 5.41) is 14.9. The van der Waals surface area contributed by atoms with Crippen LogP contribution >= 0.6 is 0 Å². The van der Waals surface area contributed by atoms with Gasteiger partial charge >= 0.3 is 0 Å². The van der Waals surface area contributed by atoms with Crippen molar-refractivity contribution in [2.75, 3.05) is 0 Å². The van der Waals surface area contributed by atoms with E-state index in [1.54, 1.807) is 35.1 Å². The molecule has 9 heteroatoms. The lowest BCUT2D eigenvalue weighted by Gasteiger charge is -2.02. The highest BCUT2D eigenvalue weighted by atomic mass is 16.5. The zero-order valence-corrected chi connectivity index (χ0v) is 14.5. The third-order valence-electron chi connectivity index (χ3n) is 3.87. The summed E-state index contributed by atoms with van der Waals surface area (Å²) in [4.78, 5) is 16.2. The molecule has 0 saturated carbocycles. The van der Waals surface area contributed by atoms with Gasteiger partial charge in [0.2, 0.25) is 5.91 Å². The molecule has 4 aromatic rings. The minimum atomic E-state index is -0.252. The van der Waals surface area contributed by atoms with Crippen LogP contribution < -0.4 is 5.32 Å². The Labute approximate surface area is 153 Å². The first-order valence-corrected chi connectivity index (χ1v) is 8.39. The average Bonchev–Trinajstić information content (AvgIpc) is 3.45. The average molecular weight is 364 g/mol. The van der Waals surface area contributed by atoms with Gasteiger partial charge in [-0.3, -0.25) is 9.20 Å². The lowest BCUT2D eigenvalue weighted by Crippen LogP contribution is -2.21. The molecule has 0 atom stereocenters. The third-order valence-corrected chi connectivity index (χ3v) is 3.87. The first kappa shape index (κ1) is 16.7. The number of nitrogens with one attached hydrogen (secondary N) is 1. The summed E-state index contributed by atoms with van der Waals surface area (Å²) >= 11 is 0. The van der Waals surface area contributed by atoms with E-state index in [1.165, 1.54) is 6.08 Å². The molecule has 0 unspecified atom stereocenters. The number of fused-ring (bicyclic) bond motifs is 1. The van der Waals surface area contributed by atoms with Gasteiger partial charge in [0, 0.05) is 24.3 Å². The fraction of sp³-hybridized carbons (Fsp3) is 0.167. The molecular formula is C18H16N6O3. The van der Waals surface area contributed by atoms with Crippen LogP contribution in [0.25, 0.3) is 23.2 Å². The SMILES string of the molecule is CCc1noc(-c2ccn3c(CNC(=O)C=Cc4ccco4)nnc3c2)n1. The fourth-order valence-electron chi connectivity index (χ4n) is 2.48. The van der Waals surface area contributed by atoms with Gasteiger partial charge in [0.1, 0.15) is 5.76 Å². The first-order chi connectivity index (χ1) is 13.2. The molecule has 0 aliphatic carbocycles. The highest BCUT2D eigenvalue weighted by Crippen LogP contribution is 2.19. The number of rotatable bonds is 6. The number of carbonyl (C=O) groups is 1. The van der Waals surface area contributed by atoms with Gasteiger partial charge in [-0.15, -0.1) is 10.2 Å². The topological polar surface area (TPSA) is 111 Å². The monoisotopic (exact) mass is 364 g/mol. The summed E-state index contributed by atoms with van der Waals surface area (Å²) in [6.07, 6.45) is 7.06. The maximum absolute atomic E-state index is 11.9.